The highest BCUT2D eigenvalue weighted by atomic mass is 16.5. The van der Waals surface area contributed by atoms with Gasteiger partial charge in [0.15, 0.2) is 0 Å². The van der Waals surface area contributed by atoms with Crippen LogP contribution in [0.4, 0.5) is 11.8 Å². The summed E-state index contributed by atoms with van der Waals surface area (Å²) in [7, 11) is 1.66. The van der Waals surface area contributed by atoms with Gasteiger partial charge in [-0.1, -0.05) is 6.08 Å². The molecular formula is C17H21N5O. The molecule has 1 aromatic heterocycles. The van der Waals surface area contributed by atoms with Crippen molar-refractivity contribution in [2.75, 3.05) is 31.7 Å². The van der Waals surface area contributed by atoms with Crippen molar-refractivity contribution in [3.8, 4) is 16.9 Å². The van der Waals surface area contributed by atoms with E-state index in [1.54, 1.807) is 13.3 Å². The first-order valence-electron chi connectivity index (χ1n) is 7.57. The predicted molar refractivity (Wildman–Crippen MR) is 93.0 cm³/mol. The van der Waals surface area contributed by atoms with Crippen LogP contribution in [0.1, 0.15) is 17.5 Å². The van der Waals surface area contributed by atoms with E-state index in [-0.39, 0.29) is 5.95 Å². The molecule has 1 aliphatic rings. The van der Waals surface area contributed by atoms with Crippen LogP contribution in [0.25, 0.3) is 16.7 Å². The number of anilines is 2. The topological polar surface area (TPSA) is 99.1 Å². The normalized spacial score (nSPS) is 14.4. The molecule has 0 unspecified atom stereocenters. The van der Waals surface area contributed by atoms with Crippen LogP contribution in [0.3, 0.4) is 0 Å². The zero-order chi connectivity index (χ0) is 16.4. The molecule has 1 aromatic carbocycles. The van der Waals surface area contributed by atoms with Gasteiger partial charge in [-0.15, -0.1) is 0 Å². The molecule has 0 radical (unpaired) electrons. The van der Waals surface area contributed by atoms with Crippen molar-refractivity contribution >= 4 is 17.3 Å². The highest BCUT2D eigenvalue weighted by Gasteiger charge is 2.16. The molecular weight excluding hydrogens is 290 g/mol. The Bertz CT molecular complexity index is 770. The number of nitrogens with zero attached hydrogens (tertiary/aromatic N) is 2. The molecule has 3 rings (SSSR count). The molecule has 0 bridgehead atoms. The number of hydrogen-bond acceptors (Lipinski definition) is 6. The van der Waals surface area contributed by atoms with Crippen molar-refractivity contribution in [3.63, 3.8) is 0 Å². The third-order valence-corrected chi connectivity index (χ3v) is 4.08. The first-order chi connectivity index (χ1) is 11.1. The molecule has 2 aromatic rings. The second-order valence-electron chi connectivity index (χ2n) is 5.58. The van der Waals surface area contributed by atoms with Crippen molar-refractivity contribution in [2.24, 2.45) is 0 Å². The summed E-state index contributed by atoms with van der Waals surface area (Å²) in [5.41, 5.74) is 16.9. The van der Waals surface area contributed by atoms with Crippen LogP contribution in [0.2, 0.25) is 0 Å². The van der Waals surface area contributed by atoms with Crippen LogP contribution in [-0.4, -0.2) is 30.2 Å². The maximum Gasteiger partial charge on any atom is 0.221 e. The molecule has 0 saturated heterocycles. The summed E-state index contributed by atoms with van der Waals surface area (Å²) in [6.45, 7) is 3.99. The fraction of sp³-hybridized carbons (Fsp3) is 0.294. The van der Waals surface area contributed by atoms with E-state index >= 15 is 0 Å². The molecule has 0 aliphatic carbocycles. The molecule has 5 N–H and O–H groups in total. The first kappa shape index (κ1) is 15.3. The lowest BCUT2D eigenvalue weighted by Gasteiger charge is -2.19. The summed E-state index contributed by atoms with van der Waals surface area (Å²) in [4.78, 5) is 8.08. The average molecular weight is 311 g/mol. The SMILES string of the molecule is COc1cc(C2=CCNCC2)c(C)cc1-c1cnc(N)nc1N. The van der Waals surface area contributed by atoms with Gasteiger partial charge in [-0.05, 0) is 48.7 Å². The number of nitrogens with two attached hydrogens (primary N) is 2. The van der Waals surface area contributed by atoms with Crippen LogP contribution in [0, 0.1) is 6.92 Å². The molecule has 120 valence electrons. The number of aryl methyl sites for hydroxylation is 1. The summed E-state index contributed by atoms with van der Waals surface area (Å²) < 4.78 is 5.59. The molecule has 23 heavy (non-hydrogen) atoms. The fourth-order valence-corrected chi connectivity index (χ4v) is 2.90. The van der Waals surface area contributed by atoms with Crippen molar-refractivity contribution in [1.82, 2.24) is 15.3 Å². The number of hydrogen-bond donors (Lipinski definition) is 3. The number of rotatable bonds is 3. The molecule has 0 amide bonds. The second-order valence-corrected chi connectivity index (χ2v) is 5.58. The summed E-state index contributed by atoms with van der Waals surface area (Å²) in [5, 5.41) is 3.33. The van der Waals surface area contributed by atoms with Gasteiger partial charge < -0.3 is 21.5 Å². The Morgan fingerprint density at radius 2 is 2.00 bits per heavy atom. The Labute approximate surface area is 135 Å². The van der Waals surface area contributed by atoms with E-state index in [0.717, 1.165) is 36.4 Å². The highest BCUT2D eigenvalue weighted by Crippen LogP contribution is 2.37. The Morgan fingerprint density at radius 3 is 2.65 bits per heavy atom. The van der Waals surface area contributed by atoms with Crippen LogP contribution < -0.4 is 21.5 Å². The van der Waals surface area contributed by atoms with E-state index in [1.807, 2.05) is 0 Å². The molecule has 0 atom stereocenters. The van der Waals surface area contributed by atoms with Gasteiger partial charge in [0, 0.05) is 23.9 Å². The van der Waals surface area contributed by atoms with Gasteiger partial charge in [-0.25, -0.2) is 4.98 Å². The summed E-state index contributed by atoms with van der Waals surface area (Å²) in [6.07, 6.45) is 4.88. The fourth-order valence-electron chi connectivity index (χ4n) is 2.90. The number of methoxy groups -OCH3 is 1. The van der Waals surface area contributed by atoms with E-state index in [4.69, 9.17) is 16.2 Å². The molecule has 6 heteroatoms. The lowest BCUT2D eigenvalue weighted by molar-refractivity contribution is 0.416. The summed E-state index contributed by atoms with van der Waals surface area (Å²) in [6, 6.07) is 4.14. The standard InChI is InChI=1S/C17H21N5O/c1-10-7-13(14-9-21-17(19)22-16(14)18)15(23-2)8-12(10)11-3-5-20-6-4-11/h3,7-9,20H,4-6H2,1-2H3,(H4,18,19,21,22). The summed E-state index contributed by atoms with van der Waals surface area (Å²) >= 11 is 0. The van der Waals surface area contributed by atoms with Gasteiger partial charge in [-0.2, -0.15) is 4.98 Å². The average Bonchev–Trinajstić information content (AvgIpc) is 2.55. The van der Waals surface area contributed by atoms with E-state index in [2.05, 4.69) is 40.4 Å². The van der Waals surface area contributed by atoms with E-state index < -0.39 is 0 Å². The van der Waals surface area contributed by atoms with Gasteiger partial charge in [0.25, 0.3) is 0 Å². The van der Waals surface area contributed by atoms with Crippen molar-refractivity contribution in [2.45, 2.75) is 13.3 Å². The molecule has 1 aliphatic heterocycles. The maximum absolute atomic E-state index is 6.00. The third kappa shape index (κ3) is 2.98. The van der Waals surface area contributed by atoms with Crippen LogP contribution in [0.5, 0.6) is 5.75 Å². The Kier molecular flexibility index (Phi) is 4.16. The first-order valence-corrected chi connectivity index (χ1v) is 7.57. The minimum Gasteiger partial charge on any atom is -0.496 e. The van der Waals surface area contributed by atoms with Gasteiger partial charge in [0.1, 0.15) is 11.6 Å². The second kappa shape index (κ2) is 6.26. The minimum atomic E-state index is 0.165. The smallest absolute Gasteiger partial charge is 0.221 e. The molecule has 0 spiro atoms. The van der Waals surface area contributed by atoms with Crippen molar-refractivity contribution < 1.29 is 4.74 Å². The van der Waals surface area contributed by atoms with Crippen molar-refractivity contribution in [1.29, 1.82) is 0 Å². The van der Waals surface area contributed by atoms with Crippen LogP contribution in [0.15, 0.2) is 24.4 Å². The predicted octanol–water partition coefficient (Wildman–Crippen LogP) is 2.00. The van der Waals surface area contributed by atoms with Gasteiger partial charge in [0.05, 0.1) is 7.11 Å². The number of nitrogens with one attached hydrogen (secondary N) is 1. The van der Waals surface area contributed by atoms with Gasteiger partial charge in [-0.3, -0.25) is 0 Å². The van der Waals surface area contributed by atoms with E-state index in [1.165, 1.54) is 16.7 Å². The van der Waals surface area contributed by atoms with E-state index in [0.29, 0.717) is 5.82 Å². The lowest BCUT2D eigenvalue weighted by Crippen LogP contribution is -2.20. The zero-order valence-corrected chi connectivity index (χ0v) is 13.4. The minimum absolute atomic E-state index is 0.165. The van der Waals surface area contributed by atoms with Crippen molar-refractivity contribution in [3.05, 3.63) is 35.5 Å². The largest absolute Gasteiger partial charge is 0.496 e. The third-order valence-electron chi connectivity index (χ3n) is 4.08. The van der Waals surface area contributed by atoms with E-state index in [9.17, 15) is 0 Å². The Balaban J connectivity index is 2.12. The van der Waals surface area contributed by atoms with Crippen LogP contribution in [-0.2, 0) is 0 Å². The molecule has 2 heterocycles. The number of nitrogen functional groups attached to an aromatic ring is 2. The Hall–Kier alpha value is -2.60. The zero-order valence-electron chi connectivity index (χ0n) is 13.4. The Morgan fingerprint density at radius 1 is 1.17 bits per heavy atom. The number of benzene rings is 1. The number of ether oxygens (including phenoxy) is 1. The molecule has 6 nitrogen and oxygen atoms in total. The van der Waals surface area contributed by atoms with Gasteiger partial charge in [0.2, 0.25) is 5.95 Å². The summed E-state index contributed by atoms with van der Waals surface area (Å²) in [5.74, 6) is 1.27. The highest BCUT2D eigenvalue weighted by molar-refractivity contribution is 5.82. The lowest BCUT2D eigenvalue weighted by atomic mass is 9.92. The number of aromatic nitrogens is 2. The van der Waals surface area contributed by atoms with Gasteiger partial charge >= 0.3 is 0 Å². The monoisotopic (exact) mass is 311 g/mol. The molecule has 0 saturated carbocycles. The quantitative estimate of drug-likeness (QED) is 0.802. The molecule has 0 fully saturated rings. The maximum atomic E-state index is 6.00. The van der Waals surface area contributed by atoms with Crippen LogP contribution >= 0.6 is 0 Å².